The molecule has 0 bridgehead atoms. The first-order valence-electron chi connectivity index (χ1n) is 6.30. The van der Waals surface area contributed by atoms with E-state index in [1.54, 1.807) is 18.3 Å². The van der Waals surface area contributed by atoms with Crippen LogP contribution in [-0.4, -0.2) is 28.1 Å². The zero-order valence-corrected chi connectivity index (χ0v) is 10.2. The van der Waals surface area contributed by atoms with Crippen molar-refractivity contribution in [2.75, 3.05) is 0 Å². The Hall–Kier alpha value is -1.84. The van der Waals surface area contributed by atoms with E-state index in [1.165, 1.54) is 18.6 Å². The van der Waals surface area contributed by atoms with Gasteiger partial charge in [0.1, 0.15) is 0 Å². The molecule has 2 rings (SSSR count). The maximum absolute atomic E-state index is 11.9. The fourth-order valence-electron chi connectivity index (χ4n) is 2.30. The predicted octanol–water partition coefficient (Wildman–Crippen LogP) is 2.65. The zero-order valence-electron chi connectivity index (χ0n) is 10.2. The average Bonchev–Trinajstić information content (AvgIpc) is 2.40. The van der Waals surface area contributed by atoms with Crippen molar-refractivity contribution < 1.29 is 14.6 Å². The van der Waals surface area contributed by atoms with Gasteiger partial charge in [-0.15, -0.1) is 0 Å². The summed E-state index contributed by atoms with van der Waals surface area (Å²) in [6.45, 7) is 0. The minimum absolute atomic E-state index is 0.0814. The molecule has 1 aliphatic carbocycles. The van der Waals surface area contributed by atoms with Crippen LogP contribution in [0.3, 0.4) is 0 Å². The molecule has 0 spiro atoms. The van der Waals surface area contributed by atoms with E-state index < -0.39 is 5.97 Å². The highest BCUT2D eigenvalue weighted by atomic mass is 16.5. The van der Waals surface area contributed by atoms with Gasteiger partial charge >= 0.3 is 5.97 Å². The lowest BCUT2D eigenvalue weighted by atomic mass is 9.96. The lowest BCUT2D eigenvalue weighted by Crippen LogP contribution is -2.25. The van der Waals surface area contributed by atoms with E-state index in [2.05, 4.69) is 0 Å². The first kappa shape index (κ1) is 12.6. The minimum atomic E-state index is -0.951. The molecule has 0 unspecified atom stereocenters. The molecule has 0 aliphatic heterocycles. The number of hydrogen-bond donors (Lipinski definition) is 1. The van der Waals surface area contributed by atoms with Crippen LogP contribution < -0.4 is 0 Å². The molecule has 0 amide bonds. The van der Waals surface area contributed by atoms with Gasteiger partial charge in [-0.2, -0.15) is 0 Å². The summed E-state index contributed by atoms with van der Waals surface area (Å²) in [4.78, 5) is 10.7. The SMILES string of the molecule is O=C(O)c1ccc(C=[N+]([O-])C2CCCCC2)cc1. The van der Waals surface area contributed by atoms with Crippen molar-refractivity contribution in [2.24, 2.45) is 0 Å². The van der Waals surface area contributed by atoms with Crippen LogP contribution in [0.4, 0.5) is 0 Å². The van der Waals surface area contributed by atoms with E-state index in [0.717, 1.165) is 36.0 Å². The van der Waals surface area contributed by atoms with Gasteiger partial charge in [0.2, 0.25) is 0 Å². The molecule has 1 aromatic carbocycles. The fraction of sp³-hybridized carbons (Fsp3) is 0.429. The van der Waals surface area contributed by atoms with Gasteiger partial charge in [0.15, 0.2) is 12.3 Å². The molecule has 18 heavy (non-hydrogen) atoms. The van der Waals surface area contributed by atoms with Crippen LogP contribution in [-0.2, 0) is 0 Å². The summed E-state index contributed by atoms with van der Waals surface area (Å²) in [6, 6.07) is 6.44. The number of benzene rings is 1. The number of aromatic carboxylic acids is 1. The number of carboxylic acid groups (broad SMARTS) is 1. The van der Waals surface area contributed by atoms with Crippen molar-refractivity contribution in [1.29, 1.82) is 0 Å². The van der Waals surface area contributed by atoms with Gasteiger partial charge in [-0.05, 0) is 37.1 Å². The molecule has 4 heteroatoms. The zero-order chi connectivity index (χ0) is 13.0. The highest BCUT2D eigenvalue weighted by Crippen LogP contribution is 2.19. The largest absolute Gasteiger partial charge is 0.624 e. The molecule has 4 nitrogen and oxygen atoms in total. The van der Waals surface area contributed by atoms with E-state index in [-0.39, 0.29) is 11.6 Å². The molecule has 1 aliphatic rings. The van der Waals surface area contributed by atoms with Crippen molar-refractivity contribution in [1.82, 2.24) is 0 Å². The summed E-state index contributed by atoms with van der Waals surface area (Å²) < 4.78 is 1.02. The molecule has 1 saturated carbocycles. The van der Waals surface area contributed by atoms with Crippen molar-refractivity contribution in [2.45, 2.75) is 38.1 Å². The minimum Gasteiger partial charge on any atom is -0.624 e. The van der Waals surface area contributed by atoms with E-state index in [1.807, 2.05) is 0 Å². The quantitative estimate of drug-likeness (QED) is 0.386. The summed E-state index contributed by atoms with van der Waals surface area (Å²) in [6.07, 6.45) is 6.92. The Bertz CT molecular complexity index is 445. The molecule has 1 fully saturated rings. The monoisotopic (exact) mass is 247 g/mol. The normalized spacial score (nSPS) is 17.7. The van der Waals surface area contributed by atoms with Gasteiger partial charge in [-0.3, -0.25) is 0 Å². The molecule has 0 saturated heterocycles. The average molecular weight is 247 g/mol. The Morgan fingerprint density at radius 1 is 1.22 bits per heavy atom. The molecule has 1 N–H and O–H groups in total. The predicted molar refractivity (Wildman–Crippen MR) is 69.1 cm³/mol. The van der Waals surface area contributed by atoms with Gasteiger partial charge in [0.05, 0.1) is 5.56 Å². The second-order valence-electron chi connectivity index (χ2n) is 4.71. The summed E-state index contributed by atoms with van der Waals surface area (Å²) in [7, 11) is 0. The van der Waals surface area contributed by atoms with Gasteiger partial charge in [-0.25, -0.2) is 9.53 Å². The second kappa shape index (κ2) is 5.67. The Balaban J connectivity index is 2.08. The van der Waals surface area contributed by atoms with Crippen molar-refractivity contribution >= 4 is 12.2 Å². The number of carboxylic acids is 1. The van der Waals surface area contributed by atoms with Crippen LogP contribution in [0, 0.1) is 5.21 Å². The summed E-state index contributed by atoms with van der Waals surface area (Å²) in [5.41, 5.74) is 0.989. The van der Waals surface area contributed by atoms with Crippen LogP contribution in [0.15, 0.2) is 24.3 Å². The third-order valence-corrected chi connectivity index (χ3v) is 3.37. The van der Waals surface area contributed by atoms with Crippen LogP contribution in [0.25, 0.3) is 0 Å². The van der Waals surface area contributed by atoms with Crippen molar-refractivity contribution in [3.05, 3.63) is 40.6 Å². The van der Waals surface area contributed by atoms with Crippen molar-refractivity contribution in [3.63, 3.8) is 0 Å². The van der Waals surface area contributed by atoms with Gasteiger partial charge in [0.25, 0.3) is 0 Å². The van der Waals surface area contributed by atoms with E-state index in [9.17, 15) is 10.0 Å². The lowest BCUT2D eigenvalue weighted by molar-refractivity contribution is -0.500. The van der Waals surface area contributed by atoms with E-state index in [0.29, 0.717) is 0 Å². The number of rotatable bonds is 3. The Labute approximate surface area is 106 Å². The number of carbonyl (C=O) groups is 1. The van der Waals surface area contributed by atoms with Crippen LogP contribution in [0.5, 0.6) is 0 Å². The smallest absolute Gasteiger partial charge is 0.335 e. The topological polar surface area (TPSA) is 63.4 Å². The summed E-state index contributed by atoms with van der Waals surface area (Å²) in [5.74, 6) is -0.951. The summed E-state index contributed by atoms with van der Waals surface area (Å²) >= 11 is 0. The first-order valence-corrected chi connectivity index (χ1v) is 6.30. The Morgan fingerprint density at radius 2 is 1.83 bits per heavy atom. The van der Waals surface area contributed by atoms with Gasteiger partial charge in [-0.1, -0.05) is 6.42 Å². The van der Waals surface area contributed by atoms with Crippen molar-refractivity contribution in [3.8, 4) is 0 Å². The number of hydroxylamine groups is 1. The maximum atomic E-state index is 11.9. The lowest BCUT2D eigenvalue weighted by Gasteiger charge is -2.20. The molecular weight excluding hydrogens is 230 g/mol. The molecule has 0 heterocycles. The molecule has 0 aromatic heterocycles. The molecular formula is C14H17NO3. The number of nitrogens with zero attached hydrogens (tertiary/aromatic N) is 1. The highest BCUT2D eigenvalue weighted by Gasteiger charge is 2.19. The van der Waals surface area contributed by atoms with E-state index >= 15 is 0 Å². The maximum Gasteiger partial charge on any atom is 0.335 e. The molecule has 0 radical (unpaired) electrons. The number of hydrogen-bond acceptors (Lipinski definition) is 2. The third kappa shape index (κ3) is 3.09. The van der Waals surface area contributed by atoms with Gasteiger partial charge < -0.3 is 10.3 Å². The fourth-order valence-corrected chi connectivity index (χ4v) is 2.30. The van der Waals surface area contributed by atoms with Gasteiger partial charge in [0, 0.05) is 18.4 Å². The van der Waals surface area contributed by atoms with Crippen LogP contribution in [0.1, 0.15) is 48.0 Å². The van der Waals surface area contributed by atoms with E-state index in [4.69, 9.17) is 5.11 Å². The first-order chi connectivity index (χ1) is 8.66. The summed E-state index contributed by atoms with van der Waals surface area (Å²) in [5, 5.41) is 20.7. The third-order valence-electron chi connectivity index (χ3n) is 3.37. The molecule has 1 aromatic rings. The molecule has 0 atom stereocenters. The molecule has 96 valence electrons. The Kier molecular flexibility index (Phi) is 3.97. The van der Waals surface area contributed by atoms with Crippen LogP contribution >= 0.6 is 0 Å². The highest BCUT2D eigenvalue weighted by molar-refractivity contribution is 5.88. The standard InChI is InChI=1S/C14H17NO3/c16-14(17)12-8-6-11(7-9-12)10-15(18)13-4-2-1-3-5-13/h6-10,13H,1-5H2,(H,16,17). The van der Waals surface area contributed by atoms with Crippen LogP contribution in [0.2, 0.25) is 0 Å². The second-order valence-corrected chi connectivity index (χ2v) is 4.71. The Morgan fingerprint density at radius 3 is 2.39 bits per heavy atom.